The van der Waals surface area contributed by atoms with Gasteiger partial charge in [0.05, 0.1) is 18.7 Å². The number of carbonyl (C=O) groups excluding carboxylic acids is 1. The molecule has 0 spiro atoms. The van der Waals surface area contributed by atoms with E-state index in [1.165, 1.54) is 31.2 Å². The van der Waals surface area contributed by atoms with Gasteiger partial charge in [0.25, 0.3) is 5.91 Å². The molecule has 0 bridgehead atoms. The minimum atomic E-state index is -0.0455. The van der Waals surface area contributed by atoms with Crippen LogP contribution in [0.15, 0.2) is 53.0 Å². The van der Waals surface area contributed by atoms with Crippen molar-refractivity contribution in [3.63, 3.8) is 0 Å². The number of likely N-dealkylation sites (tertiary alicyclic amines) is 1. The number of hydrogen-bond acceptors (Lipinski definition) is 3. The predicted octanol–water partition coefficient (Wildman–Crippen LogP) is 5.23. The molecule has 6 heteroatoms. The number of nitrogens with one attached hydrogen (secondary N) is 1. The molecule has 1 fully saturated rings. The van der Waals surface area contributed by atoms with Crippen LogP contribution < -0.4 is 10.1 Å². The summed E-state index contributed by atoms with van der Waals surface area (Å²) in [4.78, 5) is 15.2. The standard InChI is InChI=1S/C22H27BrN2O2.ClH/c1-27-18-12-10-17(11-13-18)21(25-14-6-2-3-7-15-25)16-24-22(26)19-8-4-5-9-20(19)23;/h4-5,8-13,21H,2-3,6-7,14-16H2,1H3,(H,24,26);1H. The van der Waals surface area contributed by atoms with Crippen molar-refractivity contribution in [3.05, 3.63) is 64.1 Å². The highest BCUT2D eigenvalue weighted by Gasteiger charge is 2.23. The Hall–Kier alpha value is -1.56. The fraction of sp³-hybridized carbons (Fsp3) is 0.409. The Bertz CT molecular complexity index is 746. The highest BCUT2D eigenvalue weighted by molar-refractivity contribution is 9.10. The summed E-state index contributed by atoms with van der Waals surface area (Å²) in [7, 11) is 1.68. The number of halogens is 2. The third kappa shape index (κ3) is 5.97. The maximum Gasteiger partial charge on any atom is 0.252 e. The van der Waals surface area contributed by atoms with Crippen molar-refractivity contribution in [3.8, 4) is 5.75 Å². The van der Waals surface area contributed by atoms with E-state index in [-0.39, 0.29) is 24.4 Å². The number of amides is 1. The van der Waals surface area contributed by atoms with Crippen molar-refractivity contribution >= 4 is 34.2 Å². The zero-order chi connectivity index (χ0) is 19.1. The number of hydrogen-bond donors (Lipinski definition) is 1. The SMILES string of the molecule is COc1ccc(C(CNC(=O)c2ccccc2Br)N2CCCCCC2)cc1.Cl. The molecule has 1 amide bonds. The topological polar surface area (TPSA) is 41.6 Å². The van der Waals surface area contributed by atoms with Gasteiger partial charge in [0, 0.05) is 11.0 Å². The van der Waals surface area contributed by atoms with Gasteiger partial charge in [0.1, 0.15) is 5.75 Å². The Morgan fingerprint density at radius 2 is 1.71 bits per heavy atom. The molecule has 1 N–H and O–H groups in total. The summed E-state index contributed by atoms with van der Waals surface area (Å²) < 4.78 is 6.11. The van der Waals surface area contributed by atoms with Crippen molar-refractivity contribution in [2.24, 2.45) is 0 Å². The predicted molar refractivity (Wildman–Crippen MR) is 119 cm³/mol. The summed E-state index contributed by atoms with van der Waals surface area (Å²) in [6.45, 7) is 2.73. The third-order valence-electron chi connectivity index (χ3n) is 5.16. The molecule has 0 aliphatic carbocycles. The molecule has 152 valence electrons. The fourth-order valence-corrected chi connectivity index (χ4v) is 4.09. The molecule has 1 heterocycles. The van der Waals surface area contributed by atoms with Gasteiger partial charge in [-0.15, -0.1) is 12.4 Å². The lowest BCUT2D eigenvalue weighted by molar-refractivity contribution is 0.0932. The van der Waals surface area contributed by atoms with Crippen LogP contribution in [0.2, 0.25) is 0 Å². The second-order valence-electron chi connectivity index (χ2n) is 6.93. The van der Waals surface area contributed by atoms with Crippen LogP contribution >= 0.6 is 28.3 Å². The van der Waals surface area contributed by atoms with Gasteiger partial charge in [0.2, 0.25) is 0 Å². The number of carbonyl (C=O) groups is 1. The van der Waals surface area contributed by atoms with Gasteiger partial charge in [-0.2, -0.15) is 0 Å². The van der Waals surface area contributed by atoms with Crippen LogP contribution in [0.1, 0.15) is 47.6 Å². The monoisotopic (exact) mass is 466 g/mol. The smallest absolute Gasteiger partial charge is 0.252 e. The van der Waals surface area contributed by atoms with Crippen molar-refractivity contribution in [2.75, 3.05) is 26.7 Å². The Labute approximate surface area is 182 Å². The molecule has 2 aromatic rings. The lowest BCUT2D eigenvalue weighted by Gasteiger charge is -2.31. The summed E-state index contributed by atoms with van der Waals surface area (Å²) in [6, 6.07) is 15.9. The molecule has 4 nitrogen and oxygen atoms in total. The van der Waals surface area contributed by atoms with Crippen LogP contribution in [0, 0.1) is 0 Å². The molecule has 28 heavy (non-hydrogen) atoms. The maximum absolute atomic E-state index is 12.7. The van der Waals surface area contributed by atoms with E-state index < -0.39 is 0 Å². The molecular weight excluding hydrogens is 440 g/mol. The van der Waals surface area contributed by atoms with E-state index in [2.05, 4.69) is 38.3 Å². The number of methoxy groups -OCH3 is 1. The van der Waals surface area contributed by atoms with Gasteiger partial charge >= 0.3 is 0 Å². The summed E-state index contributed by atoms with van der Waals surface area (Å²) in [5.41, 5.74) is 1.88. The van der Waals surface area contributed by atoms with E-state index in [1.54, 1.807) is 7.11 Å². The maximum atomic E-state index is 12.7. The quantitative estimate of drug-likeness (QED) is 0.633. The van der Waals surface area contributed by atoms with Crippen molar-refractivity contribution < 1.29 is 9.53 Å². The summed E-state index contributed by atoms with van der Waals surface area (Å²) >= 11 is 3.47. The molecule has 1 unspecified atom stereocenters. The summed E-state index contributed by atoms with van der Waals surface area (Å²) in [6.07, 6.45) is 5.00. The normalized spacial score (nSPS) is 15.8. The van der Waals surface area contributed by atoms with E-state index >= 15 is 0 Å². The zero-order valence-corrected chi connectivity index (χ0v) is 18.6. The average Bonchev–Trinajstić information content (AvgIpc) is 2.98. The third-order valence-corrected chi connectivity index (χ3v) is 5.85. The molecule has 2 aromatic carbocycles. The average molecular weight is 468 g/mol. The van der Waals surface area contributed by atoms with Crippen molar-refractivity contribution in [1.82, 2.24) is 10.2 Å². The number of benzene rings is 2. The van der Waals surface area contributed by atoms with Gasteiger partial charge in [-0.25, -0.2) is 0 Å². The highest BCUT2D eigenvalue weighted by Crippen LogP contribution is 2.26. The molecular formula is C22H28BrClN2O2. The molecule has 0 radical (unpaired) electrons. The van der Waals surface area contributed by atoms with Gasteiger partial charge in [-0.3, -0.25) is 9.69 Å². The van der Waals surface area contributed by atoms with Crippen LogP contribution in [0.25, 0.3) is 0 Å². The second kappa shape index (κ2) is 11.4. The largest absolute Gasteiger partial charge is 0.497 e. The first-order valence-corrected chi connectivity index (χ1v) is 10.4. The minimum Gasteiger partial charge on any atom is -0.497 e. The molecule has 0 saturated carbocycles. The van der Waals surface area contributed by atoms with E-state index in [4.69, 9.17) is 4.74 Å². The molecule has 1 aliphatic rings. The van der Waals surface area contributed by atoms with Crippen LogP contribution in [-0.4, -0.2) is 37.6 Å². The van der Waals surface area contributed by atoms with Crippen LogP contribution in [0.5, 0.6) is 5.75 Å². The van der Waals surface area contributed by atoms with Crippen LogP contribution in [0.4, 0.5) is 0 Å². The first-order valence-electron chi connectivity index (χ1n) is 9.60. The zero-order valence-electron chi connectivity index (χ0n) is 16.2. The van der Waals surface area contributed by atoms with Gasteiger partial charge < -0.3 is 10.1 Å². The highest BCUT2D eigenvalue weighted by atomic mass is 79.9. The molecule has 1 atom stereocenters. The summed E-state index contributed by atoms with van der Waals surface area (Å²) in [5, 5.41) is 3.14. The van der Waals surface area contributed by atoms with E-state index in [0.29, 0.717) is 12.1 Å². The van der Waals surface area contributed by atoms with Gasteiger partial charge in [-0.1, -0.05) is 37.1 Å². The summed E-state index contributed by atoms with van der Waals surface area (Å²) in [5.74, 6) is 0.807. The molecule has 3 rings (SSSR count). The Balaban J connectivity index is 0.00000280. The van der Waals surface area contributed by atoms with Crippen molar-refractivity contribution in [1.29, 1.82) is 0 Å². The number of ether oxygens (including phenoxy) is 1. The Morgan fingerprint density at radius 1 is 1.07 bits per heavy atom. The lowest BCUT2D eigenvalue weighted by Crippen LogP contribution is -2.38. The Kier molecular flexibility index (Phi) is 9.29. The Morgan fingerprint density at radius 3 is 2.32 bits per heavy atom. The molecule has 1 aliphatic heterocycles. The van der Waals surface area contributed by atoms with Crippen LogP contribution in [-0.2, 0) is 0 Å². The van der Waals surface area contributed by atoms with Crippen LogP contribution in [0.3, 0.4) is 0 Å². The minimum absolute atomic E-state index is 0. The van der Waals surface area contributed by atoms with Crippen molar-refractivity contribution in [2.45, 2.75) is 31.7 Å². The fourth-order valence-electron chi connectivity index (χ4n) is 3.62. The lowest BCUT2D eigenvalue weighted by atomic mass is 10.0. The van der Waals surface area contributed by atoms with E-state index in [0.717, 1.165) is 23.3 Å². The van der Waals surface area contributed by atoms with Gasteiger partial charge in [-0.05, 0) is 71.7 Å². The second-order valence-corrected chi connectivity index (χ2v) is 7.78. The number of rotatable bonds is 6. The van der Waals surface area contributed by atoms with E-state index in [9.17, 15) is 4.79 Å². The molecule has 0 aromatic heterocycles. The number of nitrogens with zero attached hydrogens (tertiary/aromatic N) is 1. The molecule has 1 saturated heterocycles. The first-order chi connectivity index (χ1) is 13.2. The van der Waals surface area contributed by atoms with E-state index in [1.807, 2.05) is 36.4 Å². The first kappa shape index (κ1) is 22.7. The van der Waals surface area contributed by atoms with Gasteiger partial charge in [0.15, 0.2) is 0 Å².